The van der Waals surface area contributed by atoms with Crippen molar-refractivity contribution in [2.75, 3.05) is 20.6 Å². The fraction of sp³-hybridized carbons (Fsp3) is 0.222. The molecule has 4 nitrogen and oxygen atoms in total. The summed E-state index contributed by atoms with van der Waals surface area (Å²) in [6.45, 7) is 5.24. The molecule has 1 aromatic rings. The van der Waals surface area contributed by atoms with Gasteiger partial charge in [0.15, 0.2) is 17.4 Å². The smallest absolute Gasteiger partial charge is 0.251 e. The van der Waals surface area contributed by atoms with E-state index in [0.29, 0.717) is 0 Å². The van der Waals surface area contributed by atoms with Gasteiger partial charge in [-0.15, -0.1) is 0 Å². The molecule has 0 atom stereocenters. The number of Topliss-reactive ketones (excluding diaryl/α,β-unsaturated/α-hetero) is 1. The van der Waals surface area contributed by atoms with E-state index in [1.165, 1.54) is 0 Å². The van der Waals surface area contributed by atoms with Gasteiger partial charge in [-0.1, -0.05) is 12.7 Å². The molecule has 0 heterocycles. The van der Waals surface area contributed by atoms with Crippen LogP contribution in [0, 0.1) is 11.6 Å². The molecule has 1 aromatic carbocycles. The summed E-state index contributed by atoms with van der Waals surface area (Å²) in [6, 6.07) is 2.77. The van der Waals surface area contributed by atoms with Gasteiger partial charge in [-0.05, 0) is 37.3 Å². The summed E-state index contributed by atoms with van der Waals surface area (Å²) in [5, 5.41) is 2.35. The van der Waals surface area contributed by atoms with Crippen molar-refractivity contribution in [3.63, 3.8) is 0 Å². The topological polar surface area (TPSA) is 49.4 Å². The average molecular weight is 334 g/mol. The summed E-state index contributed by atoms with van der Waals surface area (Å²) < 4.78 is 25.9. The van der Waals surface area contributed by atoms with Gasteiger partial charge in [0, 0.05) is 30.9 Å². The number of allylic oxidation sites excluding steroid dienone is 3. The normalized spacial score (nSPS) is 11.5. The second-order valence-corrected chi connectivity index (χ2v) is 5.20. The van der Waals surface area contributed by atoms with Gasteiger partial charge >= 0.3 is 0 Å². The van der Waals surface area contributed by atoms with E-state index in [1.807, 2.05) is 32.0 Å². The predicted molar refractivity (Wildman–Crippen MR) is 89.4 cm³/mol. The number of benzene rings is 1. The Bertz CT molecular complexity index is 707. The van der Waals surface area contributed by atoms with Crippen molar-refractivity contribution < 1.29 is 18.4 Å². The number of likely N-dealkylation sites (N-methyl/N-ethyl adjacent to an activating group) is 1. The van der Waals surface area contributed by atoms with E-state index in [9.17, 15) is 18.4 Å². The van der Waals surface area contributed by atoms with Crippen LogP contribution in [0.3, 0.4) is 0 Å². The van der Waals surface area contributed by atoms with Gasteiger partial charge in [-0.3, -0.25) is 9.59 Å². The van der Waals surface area contributed by atoms with Crippen molar-refractivity contribution in [2.45, 2.75) is 6.92 Å². The largest absolute Gasteiger partial charge is 0.378 e. The minimum atomic E-state index is -1.12. The Morgan fingerprint density at radius 1 is 1.21 bits per heavy atom. The predicted octanol–water partition coefficient (Wildman–Crippen LogP) is 2.84. The standard InChI is InChI=1S/C18H20F2N2O2/c1-5-14(22(3)4)8-6-12(2)17(23)11-21-18(24)13-7-9-15(19)16(20)10-13/h5-10H,2,11H2,1,3-4H3,(H,21,24)/b8-6-,14-5+. The van der Waals surface area contributed by atoms with Gasteiger partial charge in [0.25, 0.3) is 5.91 Å². The molecule has 0 bridgehead atoms. The highest BCUT2D eigenvalue weighted by atomic mass is 19.2. The molecule has 0 radical (unpaired) electrons. The second-order valence-electron chi connectivity index (χ2n) is 5.20. The maximum atomic E-state index is 13.1. The van der Waals surface area contributed by atoms with Crippen LogP contribution in [-0.2, 0) is 4.79 Å². The summed E-state index contributed by atoms with van der Waals surface area (Å²) >= 11 is 0. The number of amides is 1. The van der Waals surface area contributed by atoms with Gasteiger partial charge in [0.2, 0.25) is 0 Å². The SMILES string of the molecule is C=C(/C=C\C(=C/C)N(C)C)C(=O)CNC(=O)c1ccc(F)c(F)c1. The first kappa shape index (κ1) is 19.3. The molecule has 0 spiro atoms. The highest BCUT2D eigenvalue weighted by Gasteiger charge is 2.12. The lowest BCUT2D eigenvalue weighted by Gasteiger charge is -2.12. The van der Waals surface area contributed by atoms with Crippen LogP contribution in [0.4, 0.5) is 8.78 Å². The summed E-state index contributed by atoms with van der Waals surface area (Å²) in [5.41, 5.74) is 1.06. The Kier molecular flexibility index (Phi) is 7.04. The number of hydrogen-bond donors (Lipinski definition) is 1. The van der Waals surface area contributed by atoms with Crippen molar-refractivity contribution in [1.29, 1.82) is 0 Å². The fourth-order valence-electron chi connectivity index (χ4n) is 1.80. The molecule has 1 N–H and O–H groups in total. The molecule has 0 saturated heterocycles. The summed E-state index contributed by atoms with van der Waals surface area (Å²) in [4.78, 5) is 25.6. The van der Waals surface area contributed by atoms with E-state index >= 15 is 0 Å². The van der Waals surface area contributed by atoms with Crippen LogP contribution in [0.25, 0.3) is 0 Å². The Balaban J connectivity index is 2.62. The molecule has 24 heavy (non-hydrogen) atoms. The second kappa shape index (κ2) is 8.76. The van der Waals surface area contributed by atoms with Gasteiger partial charge in [-0.2, -0.15) is 0 Å². The minimum Gasteiger partial charge on any atom is -0.378 e. The number of hydrogen-bond acceptors (Lipinski definition) is 3. The first-order valence-electron chi connectivity index (χ1n) is 7.23. The molecule has 0 unspecified atom stereocenters. The number of rotatable bonds is 7. The lowest BCUT2D eigenvalue weighted by molar-refractivity contribution is -0.114. The lowest BCUT2D eigenvalue weighted by Crippen LogP contribution is -2.30. The highest BCUT2D eigenvalue weighted by molar-refractivity contribution is 6.02. The van der Waals surface area contributed by atoms with E-state index in [0.717, 1.165) is 23.9 Å². The Hall–Kier alpha value is -2.76. The zero-order chi connectivity index (χ0) is 18.3. The molecule has 1 amide bonds. The third kappa shape index (κ3) is 5.46. The highest BCUT2D eigenvalue weighted by Crippen LogP contribution is 2.09. The zero-order valence-electron chi connectivity index (χ0n) is 13.9. The van der Waals surface area contributed by atoms with Crippen LogP contribution in [0.2, 0.25) is 0 Å². The van der Waals surface area contributed by atoms with E-state index in [2.05, 4.69) is 11.9 Å². The number of carbonyl (C=O) groups is 2. The number of halogens is 2. The Labute approximate surface area is 140 Å². The maximum Gasteiger partial charge on any atom is 0.251 e. The Morgan fingerprint density at radius 3 is 2.42 bits per heavy atom. The van der Waals surface area contributed by atoms with Crippen molar-refractivity contribution in [3.05, 3.63) is 71.5 Å². The molecular formula is C18H20F2N2O2. The van der Waals surface area contributed by atoms with Crippen molar-refractivity contribution in [2.24, 2.45) is 0 Å². The number of nitrogens with one attached hydrogen (secondary N) is 1. The van der Waals surface area contributed by atoms with E-state index in [-0.39, 0.29) is 23.5 Å². The van der Waals surface area contributed by atoms with Gasteiger partial charge < -0.3 is 10.2 Å². The molecule has 0 fully saturated rings. The summed E-state index contributed by atoms with van der Waals surface area (Å²) in [7, 11) is 3.73. The molecule has 1 rings (SSSR count). The van der Waals surface area contributed by atoms with Crippen molar-refractivity contribution in [3.8, 4) is 0 Å². The van der Waals surface area contributed by atoms with Gasteiger partial charge in [0.05, 0.1) is 6.54 Å². The molecular weight excluding hydrogens is 314 g/mol. The fourth-order valence-corrected chi connectivity index (χ4v) is 1.80. The van der Waals surface area contributed by atoms with Gasteiger partial charge in [-0.25, -0.2) is 8.78 Å². The quantitative estimate of drug-likeness (QED) is 0.616. The molecule has 0 aliphatic rings. The molecule has 0 aliphatic heterocycles. The lowest BCUT2D eigenvalue weighted by atomic mass is 10.1. The first-order chi connectivity index (χ1) is 11.3. The average Bonchev–Trinajstić information content (AvgIpc) is 2.54. The molecule has 128 valence electrons. The van der Waals surface area contributed by atoms with Crippen molar-refractivity contribution >= 4 is 11.7 Å². The van der Waals surface area contributed by atoms with Crippen LogP contribution in [0.15, 0.2) is 54.3 Å². The number of nitrogens with zero attached hydrogens (tertiary/aromatic N) is 1. The van der Waals surface area contributed by atoms with Crippen LogP contribution in [0.1, 0.15) is 17.3 Å². The third-order valence-corrected chi connectivity index (χ3v) is 3.22. The van der Waals surface area contributed by atoms with E-state index in [1.54, 1.807) is 12.2 Å². The Morgan fingerprint density at radius 2 is 1.88 bits per heavy atom. The first-order valence-corrected chi connectivity index (χ1v) is 7.23. The molecule has 0 aliphatic carbocycles. The van der Waals surface area contributed by atoms with Crippen LogP contribution in [-0.4, -0.2) is 37.2 Å². The number of ketones is 1. The van der Waals surface area contributed by atoms with E-state index < -0.39 is 17.5 Å². The van der Waals surface area contributed by atoms with Crippen LogP contribution >= 0.6 is 0 Å². The minimum absolute atomic E-state index is 0.0633. The number of carbonyl (C=O) groups excluding carboxylic acids is 2. The maximum absolute atomic E-state index is 13.1. The summed E-state index contributed by atoms with van der Waals surface area (Å²) in [5.74, 6) is -3.21. The van der Waals surface area contributed by atoms with Crippen molar-refractivity contribution in [1.82, 2.24) is 10.2 Å². The monoisotopic (exact) mass is 334 g/mol. The van der Waals surface area contributed by atoms with Crippen LogP contribution < -0.4 is 5.32 Å². The third-order valence-electron chi connectivity index (χ3n) is 3.22. The molecule has 0 aromatic heterocycles. The summed E-state index contributed by atoms with van der Waals surface area (Å²) in [6.07, 6.45) is 5.16. The molecule has 6 heteroatoms. The van der Waals surface area contributed by atoms with Gasteiger partial charge in [0.1, 0.15) is 0 Å². The molecule has 0 saturated carbocycles. The van der Waals surface area contributed by atoms with E-state index in [4.69, 9.17) is 0 Å². The van der Waals surface area contributed by atoms with Crippen LogP contribution in [0.5, 0.6) is 0 Å². The zero-order valence-corrected chi connectivity index (χ0v) is 13.9.